The number of rotatable bonds is 2. The second-order valence-corrected chi connectivity index (χ2v) is 7.30. The predicted octanol–water partition coefficient (Wildman–Crippen LogP) is 2.04. The first kappa shape index (κ1) is 16.3. The molecule has 1 aromatic carbocycles. The fourth-order valence-electron chi connectivity index (χ4n) is 4.26. The Morgan fingerprint density at radius 1 is 1.12 bits per heavy atom. The molecule has 2 heterocycles. The minimum atomic E-state index is 0.124. The number of aryl methyl sites for hydroxylation is 3. The molecule has 0 bridgehead atoms. The van der Waals surface area contributed by atoms with Gasteiger partial charge in [0.1, 0.15) is 0 Å². The van der Waals surface area contributed by atoms with Crippen LogP contribution in [0.3, 0.4) is 0 Å². The molecule has 1 atom stereocenters. The molecule has 1 saturated heterocycles. The van der Waals surface area contributed by atoms with Crippen LogP contribution in [0.15, 0.2) is 30.5 Å². The van der Waals surface area contributed by atoms with Crippen LogP contribution < -0.4 is 0 Å². The van der Waals surface area contributed by atoms with Crippen molar-refractivity contribution in [2.24, 2.45) is 7.05 Å². The standard InChI is InChI=1S/C20H26N4O/c1-15-19(14-22(2)21-15)20(25)24-11-9-23(10-12-24)18-8-7-16-5-3-4-6-17(16)13-18/h3-6,14,18H,7-13H2,1-2H3/t18-/m0/s1. The Morgan fingerprint density at radius 2 is 1.84 bits per heavy atom. The number of carbonyl (C=O) groups excluding carboxylic acids is 1. The smallest absolute Gasteiger partial charge is 0.257 e. The van der Waals surface area contributed by atoms with Crippen LogP contribution in [0.1, 0.15) is 33.6 Å². The zero-order valence-electron chi connectivity index (χ0n) is 15.1. The van der Waals surface area contributed by atoms with E-state index in [-0.39, 0.29) is 5.91 Å². The van der Waals surface area contributed by atoms with Gasteiger partial charge in [-0.1, -0.05) is 24.3 Å². The van der Waals surface area contributed by atoms with Gasteiger partial charge in [-0.05, 0) is 37.3 Å². The van der Waals surface area contributed by atoms with E-state index in [0.29, 0.717) is 6.04 Å². The molecule has 0 radical (unpaired) electrons. The third-order valence-electron chi connectivity index (χ3n) is 5.68. The molecule has 1 fully saturated rings. The Bertz CT molecular complexity index is 774. The van der Waals surface area contributed by atoms with E-state index in [1.165, 1.54) is 24.0 Å². The molecule has 1 aromatic heterocycles. The van der Waals surface area contributed by atoms with Gasteiger partial charge < -0.3 is 4.90 Å². The van der Waals surface area contributed by atoms with Gasteiger partial charge in [0, 0.05) is 45.5 Å². The zero-order chi connectivity index (χ0) is 17.4. The summed E-state index contributed by atoms with van der Waals surface area (Å²) < 4.78 is 1.72. The largest absolute Gasteiger partial charge is 0.336 e. The topological polar surface area (TPSA) is 41.4 Å². The summed E-state index contributed by atoms with van der Waals surface area (Å²) in [5.41, 5.74) is 4.57. The number of aromatic nitrogens is 2. The molecule has 0 saturated carbocycles. The second kappa shape index (κ2) is 6.64. The number of amides is 1. The van der Waals surface area contributed by atoms with Crippen molar-refractivity contribution in [2.75, 3.05) is 26.2 Å². The third-order valence-corrected chi connectivity index (χ3v) is 5.68. The Kier molecular flexibility index (Phi) is 4.34. The molecule has 0 unspecified atom stereocenters. The molecule has 4 rings (SSSR count). The minimum absolute atomic E-state index is 0.124. The molecule has 2 aromatic rings. The molecular weight excluding hydrogens is 312 g/mol. The number of carbonyl (C=O) groups is 1. The molecule has 5 heteroatoms. The van der Waals surface area contributed by atoms with E-state index in [2.05, 4.69) is 34.3 Å². The van der Waals surface area contributed by atoms with Crippen molar-refractivity contribution in [1.82, 2.24) is 19.6 Å². The van der Waals surface area contributed by atoms with E-state index in [9.17, 15) is 4.79 Å². The molecule has 132 valence electrons. The Hall–Kier alpha value is -2.14. The molecule has 25 heavy (non-hydrogen) atoms. The highest BCUT2D eigenvalue weighted by molar-refractivity contribution is 5.95. The summed E-state index contributed by atoms with van der Waals surface area (Å²) in [5.74, 6) is 0.124. The number of piperazine rings is 1. The minimum Gasteiger partial charge on any atom is -0.336 e. The highest BCUT2D eigenvalue weighted by Crippen LogP contribution is 2.25. The van der Waals surface area contributed by atoms with E-state index in [1.807, 2.05) is 25.1 Å². The second-order valence-electron chi connectivity index (χ2n) is 7.30. The number of fused-ring (bicyclic) bond motifs is 1. The highest BCUT2D eigenvalue weighted by Gasteiger charge is 2.29. The Balaban J connectivity index is 1.37. The van der Waals surface area contributed by atoms with Crippen LogP contribution in [0.4, 0.5) is 0 Å². The lowest BCUT2D eigenvalue weighted by Crippen LogP contribution is -2.53. The molecule has 1 amide bonds. The normalized spacial score (nSPS) is 21.2. The predicted molar refractivity (Wildman–Crippen MR) is 97.7 cm³/mol. The van der Waals surface area contributed by atoms with Crippen LogP contribution >= 0.6 is 0 Å². The van der Waals surface area contributed by atoms with Crippen molar-refractivity contribution < 1.29 is 4.79 Å². The summed E-state index contributed by atoms with van der Waals surface area (Å²) in [7, 11) is 1.86. The summed E-state index contributed by atoms with van der Waals surface area (Å²) in [6, 6.07) is 9.44. The van der Waals surface area contributed by atoms with E-state index < -0.39 is 0 Å². The van der Waals surface area contributed by atoms with E-state index >= 15 is 0 Å². The van der Waals surface area contributed by atoms with Gasteiger partial charge in [0.25, 0.3) is 5.91 Å². The van der Waals surface area contributed by atoms with Gasteiger partial charge in [0.15, 0.2) is 0 Å². The average molecular weight is 338 g/mol. The number of hydrogen-bond acceptors (Lipinski definition) is 3. The SMILES string of the molecule is Cc1nn(C)cc1C(=O)N1CCN([C@H]2CCc3ccccc3C2)CC1. The molecule has 0 N–H and O–H groups in total. The first-order valence-corrected chi connectivity index (χ1v) is 9.22. The lowest BCUT2D eigenvalue weighted by molar-refractivity contribution is 0.0552. The Morgan fingerprint density at radius 3 is 2.52 bits per heavy atom. The third kappa shape index (κ3) is 3.21. The van der Waals surface area contributed by atoms with Crippen LogP contribution in [-0.4, -0.2) is 57.7 Å². The first-order valence-electron chi connectivity index (χ1n) is 9.22. The first-order chi connectivity index (χ1) is 12.1. The van der Waals surface area contributed by atoms with Crippen molar-refractivity contribution in [3.8, 4) is 0 Å². The van der Waals surface area contributed by atoms with E-state index in [4.69, 9.17) is 0 Å². The number of nitrogens with zero attached hydrogens (tertiary/aromatic N) is 4. The van der Waals surface area contributed by atoms with Crippen LogP contribution in [0, 0.1) is 6.92 Å². The molecule has 2 aliphatic rings. The Labute approximate surface area is 149 Å². The monoisotopic (exact) mass is 338 g/mol. The van der Waals surface area contributed by atoms with Crippen LogP contribution in [0.25, 0.3) is 0 Å². The zero-order valence-corrected chi connectivity index (χ0v) is 15.1. The van der Waals surface area contributed by atoms with Crippen LogP contribution in [-0.2, 0) is 19.9 Å². The molecule has 1 aliphatic carbocycles. The average Bonchev–Trinajstić information content (AvgIpc) is 2.99. The van der Waals surface area contributed by atoms with E-state index in [0.717, 1.165) is 43.9 Å². The van der Waals surface area contributed by atoms with Gasteiger partial charge in [-0.15, -0.1) is 0 Å². The molecule has 1 aliphatic heterocycles. The summed E-state index contributed by atoms with van der Waals surface area (Å²) in [4.78, 5) is 17.3. The van der Waals surface area contributed by atoms with Crippen LogP contribution in [0.5, 0.6) is 0 Å². The maximum Gasteiger partial charge on any atom is 0.257 e. The maximum atomic E-state index is 12.7. The lowest BCUT2D eigenvalue weighted by Gasteiger charge is -2.41. The molecule has 5 nitrogen and oxygen atoms in total. The summed E-state index contributed by atoms with van der Waals surface area (Å²) in [6.07, 6.45) is 5.38. The van der Waals surface area contributed by atoms with Crippen molar-refractivity contribution in [1.29, 1.82) is 0 Å². The van der Waals surface area contributed by atoms with Gasteiger partial charge in [0.05, 0.1) is 11.3 Å². The van der Waals surface area contributed by atoms with Crippen molar-refractivity contribution in [2.45, 2.75) is 32.2 Å². The van der Waals surface area contributed by atoms with Crippen molar-refractivity contribution in [3.05, 3.63) is 52.8 Å². The van der Waals surface area contributed by atoms with Gasteiger partial charge >= 0.3 is 0 Å². The van der Waals surface area contributed by atoms with Gasteiger partial charge in [-0.2, -0.15) is 5.10 Å². The highest BCUT2D eigenvalue weighted by atomic mass is 16.2. The summed E-state index contributed by atoms with van der Waals surface area (Å²) in [5, 5.41) is 4.30. The summed E-state index contributed by atoms with van der Waals surface area (Å²) >= 11 is 0. The molecule has 0 spiro atoms. The van der Waals surface area contributed by atoms with Crippen LogP contribution in [0.2, 0.25) is 0 Å². The number of benzene rings is 1. The van der Waals surface area contributed by atoms with Crippen molar-refractivity contribution >= 4 is 5.91 Å². The van der Waals surface area contributed by atoms with E-state index in [1.54, 1.807) is 4.68 Å². The quantitative estimate of drug-likeness (QED) is 0.841. The maximum absolute atomic E-state index is 12.7. The summed E-state index contributed by atoms with van der Waals surface area (Å²) in [6.45, 7) is 5.47. The fraction of sp³-hybridized carbons (Fsp3) is 0.500. The van der Waals surface area contributed by atoms with Gasteiger partial charge in [-0.3, -0.25) is 14.4 Å². The molecular formula is C20H26N4O. The number of hydrogen-bond donors (Lipinski definition) is 0. The fourth-order valence-corrected chi connectivity index (χ4v) is 4.26. The lowest BCUT2D eigenvalue weighted by atomic mass is 9.87. The van der Waals surface area contributed by atoms with Crippen molar-refractivity contribution in [3.63, 3.8) is 0 Å². The van der Waals surface area contributed by atoms with Gasteiger partial charge in [-0.25, -0.2) is 0 Å². The van der Waals surface area contributed by atoms with Gasteiger partial charge in [0.2, 0.25) is 0 Å².